The Morgan fingerprint density at radius 1 is 1.54 bits per heavy atom. The Hall–Kier alpha value is -1.32. The second-order valence-electron chi connectivity index (χ2n) is 2.84. The van der Waals surface area contributed by atoms with Gasteiger partial charge in [0, 0.05) is 6.07 Å². The minimum Gasteiger partial charge on any atom is -0.492 e. The van der Waals surface area contributed by atoms with Crippen molar-refractivity contribution < 1.29 is 4.74 Å². The summed E-state index contributed by atoms with van der Waals surface area (Å²) in [5.74, 6) is 0.542. The molecule has 0 aliphatic carbocycles. The number of ether oxygens (including phenoxy) is 1. The van der Waals surface area contributed by atoms with Crippen molar-refractivity contribution in [3.05, 3.63) is 22.6 Å². The van der Waals surface area contributed by atoms with Crippen molar-refractivity contribution in [2.75, 3.05) is 6.61 Å². The summed E-state index contributed by atoms with van der Waals surface area (Å²) in [5, 5.41) is 5.91. The molecular formula is C9H14N2O2. The van der Waals surface area contributed by atoms with Gasteiger partial charge in [-0.3, -0.25) is 4.79 Å². The number of hydrogen-bond acceptors (Lipinski definition) is 3. The molecule has 1 rings (SSSR count). The molecule has 0 radical (unpaired) electrons. The molecule has 0 aliphatic rings. The fourth-order valence-corrected chi connectivity index (χ4v) is 0.979. The van der Waals surface area contributed by atoms with Gasteiger partial charge >= 0.3 is 0 Å². The van der Waals surface area contributed by atoms with Crippen LogP contribution >= 0.6 is 0 Å². The number of H-pyrrole nitrogens is 1. The Kier molecular flexibility index (Phi) is 4.02. The molecule has 72 valence electrons. The van der Waals surface area contributed by atoms with Crippen molar-refractivity contribution in [2.24, 2.45) is 0 Å². The first-order valence-electron chi connectivity index (χ1n) is 4.50. The first-order valence-corrected chi connectivity index (χ1v) is 4.50. The largest absolute Gasteiger partial charge is 0.492 e. The number of nitrogens with zero attached hydrogens (tertiary/aromatic N) is 1. The van der Waals surface area contributed by atoms with Gasteiger partial charge < -0.3 is 4.74 Å². The summed E-state index contributed by atoms with van der Waals surface area (Å²) in [7, 11) is 0. The van der Waals surface area contributed by atoms with E-state index in [0.29, 0.717) is 12.4 Å². The predicted octanol–water partition coefficient (Wildman–Crippen LogP) is 1.34. The van der Waals surface area contributed by atoms with Gasteiger partial charge in [-0.2, -0.15) is 5.10 Å². The first kappa shape index (κ1) is 9.77. The van der Waals surface area contributed by atoms with E-state index in [2.05, 4.69) is 17.1 Å². The van der Waals surface area contributed by atoms with Crippen molar-refractivity contribution in [1.29, 1.82) is 0 Å². The second-order valence-corrected chi connectivity index (χ2v) is 2.84. The molecule has 0 saturated heterocycles. The molecular weight excluding hydrogens is 168 g/mol. The summed E-state index contributed by atoms with van der Waals surface area (Å²) in [6.07, 6.45) is 4.84. The van der Waals surface area contributed by atoms with E-state index in [1.54, 1.807) is 0 Å². The maximum atomic E-state index is 10.8. The van der Waals surface area contributed by atoms with Gasteiger partial charge in [-0.15, -0.1) is 0 Å². The molecule has 0 atom stereocenters. The maximum absolute atomic E-state index is 10.8. The van der Waals surface area contributed by atoms with Crippen LogP contribution in [-0.4, -0.2) is 16.8 Å². The van der Waals surface area contributed by atoms with E-state index in [4.69, 9.17) is 4.74 Å². The fraction of sp³-hybridized carbons (Fsp3) is 0.556. The van der Waals surface area contributed by atoms with Crippen molar-refractivity contribution in [1.82, 2.24) is 10.2 Å². The number of nitrogens with one attached hydrogen (secondary N) is 1. The Bertz CT molecular complexity index is 296. The van der Waals surface area contributed by atoms with Crippen LogP contribution in [0, 0.1) is 0 Å². The lowest BCUT2D eigenvalue weighted by molar-refractivity contribution is 0.304. The first-order chi connectivity index (χ1) is 6.33. The van der Waals surface area contributed by atoms with Crippen LogP contribution < -0.4 is 10.3 Å². The zero-order valence-corrected chi connectivity index (χ0v) is 7.75. The quantitative estimate of drug-likeness (QED) is 0.699. The highest BCUT2D eigenvalue weighted by atomic mass is 16.5. The average molecular weight is 182 g/mol. The third kappa shape index (κ3) is 3.73. The van der Waals surface area contributed by atoms with E-state index in [-0.39, 0.29) is 5.56 Å². The van der Waals surface area contributed by atoms with Crippen molar-refractivity contribution in [3.8, 4) is 5.75 Å². The highest BCUT2D eigenvalue weighted by Crippen LogP contribution is 2.04. The van der Waals surface area contributed by atoms with Crippen molar-refractivity contribution in [2.45, 2.75) is 26.2 Å². The van der Waals surface area contributed by atoms with Crippen LogP contribution in [0.15, 0.2) is 17.1 Å². The molecule has 0 bridgehead atoms. The highest BCUT2D eigenvalue weighted by molar-refractivity contribution is 5.12. The standard InChI is InChI=1S/C9H14N2O2/c1-2-3-4-5-13-8-6-9(12)11-10-7-8/h6-7H,2-5H2,1H3,(H,11,12). The smallest absolute Gasteiger partial charge is 0.267 e. The lowest BCUT2D eigenvalue weighted by Gasteiger charge is -2.03. The van der Waals surface area contributed by atoms with Gasteiger partial charge in [0.05, 0.1) is 12.8 Å². The summed E-state index contributed by atoms with van der Waals surface area (Å²) in [6, 6.07) is 1.40. The van der Waals surface area contributed by atoms with Crippen LogP contribution in [0.1, 0.15) is 26.2 Å². The van der Waals surface area contributed by atoms with Gasteiger partial charge in [-0.05, 0) is 6.42 Å². The van der Waals surface area contributed by atoms with Gasteiger partial charge in [-0.25, -0.2) is 5.10 Å². The second kappa shape index (κ2) is 5.35. The van der Waals surface area contributed by atoms with Crippen LogP contribution in [0.4, 0.5) is 0 Å². The van der Waals surface area contributed by atoms with Gasteiger partial charge in [0.1, 0.15) is 5.75 Å². The summed E-state index contributed by atoms with van der Waals surface area (Å²) in [6.45, 7) is 2.79. The molecule has 0 unspecified atom stereocenters. The Morgan fingerprint density at radius 2 is 2.38 bits per heavy atom. The van der Waals surface area contributed by atoms with E-state index in [1.165, 1.54) is 12.3 Å². The van der Waals surface area contributed by atoms with E-state index < -0.39 is 0 Å². The van der Waals surface area contributed by atoms with Crippen LogP contribution in [0.2, 0.25) is 0 Å². The molecule has 1 heterocycles. The third-order valence-electron chi connectivity index (χ3n) is 1.66. The minimum atomic E-state index is -0.229. The van der Waals surface area contributed by atoms with Crippen molar-refractivity contribution >= 4 is 0 Å². The number of unbranched alkanes of at least 4 members (excludes halogenated alkanes) is 2. The molecule has 0 saturated carbocycles. The molecule has 4 nitrogen and oxygen atoms in total. The molecule has 0 fully saturated rings. The van der Waals surface area contributed by atoms with Crippen LogP contribution in [0.25, 0.3) is 0 Å². The number of aromatic amines is 1. The van der Waals surface area contributed by atoms with Crippen LogP contribution in [-0.2, 0) is 0 Å². The van der Waals surface area contributed by atoms with Crippen LogP contribution in [0.3, 0.4) is 0 Å². The lowest BCUT2D eigenvalue weighted by atomic mass is 10.3. The number of rotatable bonds is 5. The Balaban J connectivity index is 2.33. The number of aromatic nitrogens is 2. The SMILES string of the molecule is CCCCCOc1cn[nH]c(=O)c1. The lowest BCUT2D eigenvalue weighted by Crippen LogP contribution is -2.07. The molecule has 1 aromatic heterocycles. The highest BCUT2D eigenvalue weighted by Gasteiger charge is 1.94. The summed E-state index contributed by atoms with van der Waals surface area (Å²) in [5.41, 5.74) is -0.229. The monoisotopic (exact) mass is 182 g/mol. The van der Waals surface area contributed by atoms with Gasteiger partial charge in [0.2, 0.25) is 0 Å². The van der Waals surface area contributed by atoms with Crippen LogP contribution in [0.5, 0.6) is 5.75 Å². The molecule has 0 spiro atoms. The topological polar surface area (TPSA) is 55.0 Å². The molecule has 0 aromatic carbocycles. The third-order valence-corrected chi connectivity index (χ3v) is 1.66. The van der Waals surface area contributed by atoms with E-state index in [9.17, 15) is 4.79 Å². The van der Waals surface area contributed by atoms with E-state index in [1.807, 2.05) is 0 Å². The molecule has 1 aromatic rings. The van der Waals surface area contributed by atoms with E-state index >= 15 is 0 Å². The maximum Gasteiger partial charge on any atom is 0.267 e. The Labute approximate surface area is 76.9 Å². The van der Waals surface area contributed by atoms with Gasteiger partial charge in [-0.1, -0.05) is 19.8 Å². The zero-order valence-electron chi connectivity index (χ0n) is 7.75. The Morgan fingerprint density at radius 3 is 3.08 bits per heavy atom. The predicted molar refractivity (Wildman–Crippen MR) is 49.9 cm³/mol. The van der Waals surface area contributed by atoms with E-state index in [0.717, 1.165) is 19.3 Å². The average Bonchev–Trinajstić information content (AvgIpc) is 2.13. The molecule has 4 heteroatoms. The molecule has 0 aliphatic heterocycles. The number of hydrogen-bond donors (Lipinski definition) is 1. The van der Waals surface area contributed by atoms with Crippen molar-refractivity contribution in [3.63, 3.8) is 0 Å². The summed E-state index contributed by atoms with van der Waals surface area (Å²) in [4.78, 5) is 10.8. The summed E-state index contributed by atoms with van der Waals surface area (Å²) >= 11 is 0. The summed E-state index contributed by atoms with van der Waals surface area (Å²) < 4.78 is 5.31. The van der Waals surface area contributed by atoms with Gasteiger partial charge in [0.25, 0.3) is 5.56 Å². The normalized spacial score (nSPS) is 9.92. The zero-order chi connectivity index (χ0) is 9.52. The molecule has 13 heavy (non-hydrogen) atoms. The van der Waals surface area contributed by atoms with Gasteiger partial charge in [0.15, 0.2) is 0 Å². The molecule has 0 amide bonds. The fourth-order valence-electron chi connectivity index (χ4n) is 0.979. The molecule has 1 N–H and O–H groups in total. The minimum absolute atomic E-state index is 0.229.